The van der Waals surface area contributed by atoms with Gasteiger partial charge in [-0.05, 0) is 49.9 Å². The fourth-order valence-corrected chi connectivity index (χ4v) is 4.46. The van der Waals surface area contributed by atoms with Crippen LogP contribution in [0.5, 0.6) is 0 Å². The molecule has 3 heterocycles. The molecule has 0 saturated carbocycles. The molecule has 1 atom stereocenters. The first-order chi connectivity index (χ1) is 15.2. The van der Waals surface area contributed by atoms with Crippen molar-refractivity contribution < 1.29 is 0 Å². The van der Waals surface area contributed by atoms with E-state index in [1.54, 1.807) is 0 Å². The maximum absolute atomic E-state index is 4.93. The van der Waals surface area contributed by atoms with E-state index in [1.807, 2.05) is 6.20 Å². The zero-order chi connectivity index (χ0) is 21.5. The van der Waals surface area contributed by atoms with Crippen LogP contribution in [0, 0.1) is 5.92 Å². The summed E-state index contributed by atoms with van der Waals surface area (Å²) in [5.41, 5.74) is 2.59. The number of anilines is 1. The number of benzene rings is 1. The number of piperazine rings is 1. The number of aliphatic imine (C=N–C) groups is 1. The van der Waals surface area contributed by atoms with Gasteiger partial charge in [0.15, 0.2) is 5.96 Å². The molecule has 6 nitrogen and oxygen atoms in total. The van der Waals surface area contributed by atoms with Crippen LogP contribution in [0.4, 0.5) is 5.82 Å². The third kappa shape index (κ3) is 6.81. The number of nitrogens with one attached hydrogen (secondary N) is 1. The molecule has 1 aromatic carbocycles. The van der Waals surface area contributed by atoms with Crippen LogP contribution in [0.3, 0.4) is 0 Å². The number of rotatable bonds is 6. The Labute approximate surface area is 210 Å². The summed E-state index contributed by atoms with van der Waals surface area (Å²) in [6, 6.07) is 15.2. The predicted molar refractivity (Wildman–Crippen MR) is 144 cm³/mol. The molecule has 2 aliphatic rings. The van der Waals surface area contributed by atoms with Gasteiger partial charge in [0.1, 0.15) is 5.82 Å². The van der Waals surface area contributed by atoms with Crippen molar-refractivity contribution in [3.8, 4) is 0 Å². The molecule has 2 aromatic rings. The van der Waals surface area contributed by atoms with E-state index in [-0.39, 0.29) is 24.0 Å². The first kappa shape index (κ1) is 24.8. The molecular formula is C25H37IN6. The largest absolute Gasteiger partial charge is 0.357 e. The number of hydrogen-bond donors (Lipinski definition) is 1. The summed E-state index contributed by atoms with van der Waals surface area (Å²) < 4.78 is 0. The average Bonchev–Trinajstić information content (AvgIpc) is 3.26. The molecule has 2 fully saturated rings. The molecular weight excluding hydrogens is 511 g/mol. The minimum atomic E-state index is 0. The van der Waals surface area contributed by atoms with Crippen LogP contribution in [-0.4, -0.2) is 73.6 Å². The van der Waals surface area contributed by atoms with Gasteiger partial charge in [0.05, 0.1) is 6.54 Å². The third-order valence-corrected chi connectivity index (χ3v) is 6.34. The number of pyridine rings is 1. The van der Waals surface area contributed by atoms with Crippen molar-refractivity contribution in [2.75, 3.05) is 57.8 Å². The monoisotopic (exact) mass is 548 g/mol. The molecule has 1 N–H and O–H groups in total. The molecule has 0 aliphatic carbocycles. The molecule has 4 rings (SSSR count). The lowest BCUT2D eigenvalue weighted by Crippen LogP contribution is -2.44. The van der Waals surface area contributed by atoms with Crippen LogP contribution in [0.1, 0.15) is 24.5 Å². The van der Waals surface area contributed by atoms with Gasteiger partial charge < -0.3 is 20.0 Å². The van der Waals surface area contributed by atoms with Gasteiger partial charge in [0, 0.05) is 52.0 Å². The summed E-state index contributed by atoms with van der Waals surface area (Å²) in [6.45, 7) is 10.1. The Kier molecular flexibility index (Phi) is 9.59. The molecule has 2 saturated heterocycles. The predicted octanol–water partition coefficient (Wildman–Crippen LogP) is 3.48. The van der Waals surface area contributed by atoms with Crippen LogP contribution in [-0.2, 0) is 13.0 Å². The molecule has 7 heteroatoms. The Morgan fingerprint density at radius 2 is 1.81 bits per heavy atom. The van der Waals surface area contributed by atoms with E-state index in [0.717, 1.165) is 69.6 Å². The van der Waals surface area contributed by atoms with Gasteiger partial charge in [-0.2, -0.15) is 0 Å². The fourth-order valence-electron chi connectivity index (χ4n) is 4.46. The third-order valence-electron chi connectivity index (χ3n) is 6.34. The second-order valence-corrected chi connectivity index (χ2v) is 8.78. The van der Waals surface area contributed by atoms with Crippen LogP contribution < -0.4 is 10.2 Å². The quantitative estimate of drug-likeness (QED) is 0.341. The van der Waals surface area contributed by atoms with Gasteiger partial charge >= 0.3 is 0 Å². The second kappa shape index (κ2) is 12.4. The van der Waals surface area contributed by atoms with E-state index in [9.17, 15) is 0 Å². The first-order valence-corrected chi connectivity index (χ1v) is 11.7. The van der Waals surface area contributed by atoms with E-state index in [2.05, 4.69) is 76.5 Å². The van der Waals surface area contributed by atoms with Gasteiger partial charge in [-0.1, -0.05) is 36.4 Å². The zero-order valence-electron chi connectivity index (χ0n) is 19.4. The highest BCUT2D eigenvalue weighted by molar-refractivity contribution is 14.0. The van der Waals surface area contributed by atoms with E-state index in [4.69, 9.17) is 9.98 Å². The normalized spacial score (nSPS) is 19.7. The molecule has 0 radical (unpaired) electrons. The van der Waals surface area contributed by atoms with Crippen molar-refractivity contribution in [3.05, 3.63) is 59.8 Å². The number of aromatic nitrogens is 1. The van der Waals surface area contributed by atoms with E-state index < -0.39 is 0 Å². The Hall–Kier alpha value is -1.87. The maximum atomic E-state index is 4.93. The molecule has 2 aliphatic heterocycles. The van der Waals surface area contributed by atoms with Gasteiger partial charge in [0.25, 0.3) is 0 Å². The van der Waals surface area contributed by atoms with Crippen molar-refractivity contribution >= 4 is 35.8 Å². The topological polar surface area (TPSA) is 47.0 Å². The standard InChI is InChI=1S/C25H36N6.HI/c1-3-26-25(31-12-11-22(20-31)17-21-7-5-4-6-8-21)28-19-23-9-10-24(27-18-23)30-15-13-29(2)14-16-30;/h4-10,18,22H,3,11-17,19-20H2,1-2H3,(H,26,28);1H. The van der Waals surface area contributed by atoms with Crippen LogP contribution in [0.15, 0.2) is 53.7 Å². The van der Waals surface area contributed by atoms with Crippen molar-refractivity contribution in [1.29, 1.82) is 0 Å². The van der Waals surface area contributed by atoms with Crippen LogP contribution in [0.25, 0.3) is 0 Å². The molecule has 1 unspecified atom stereocenters. The first-order valence-electron chi connectivity index (χ1n) is 11.7. The summed E-state index contributed by atoms with van der Waals surface area (Å²) in [7, 11) is 2.18. The second-order valence-electron chi connectivity index (χ2n) is 8.78. The minimum absolute atomic E-state index is 0. The number of halogens is 1. The van der Waals surface area contributed by atoms with E-state index in [0.29, 0.717) is 12.5 Å². The molecule has 0 bridgehead atoms. The number of guanidine groups is 1. The lowest BCUT2D eigenvalue weighted by Gasteiger charge is -2.33. The highest BCUT2D eigenvalue weighted by Crippen LogP contribution is 2.21. The van der Waals surface area contributed by atoms with E-state index in [1.165, 1.54) is 12.0 Å². The summed E-state index contributed by atoms with van der Waals surface area (Å²) in [5.74, 6) is 2.80. The van der Waals surface area contributed by atoms with E-state index >= 15 is 0 Å². The molecule has 1 aromatic heterocycles. The van der Waals surface area contributed by atoms with Crippen molar-refractivity contribution in [2.24, 2.45) is 10.9 Å². The van der Waals surface area contributed by atoms with Crippen LogP contribution in [0.2, 0.25) is 0 Å². The summed E-state index contributed by atoms with van der Waals surface area (Å²) >= 11 is 0. The van der Waals surface area contributed by atoms with Gasteiger partial charge in [-0.15, -0.1) is 24.0 Å². The Morgan fingerprint density at radius 3 is 2.50 bits per heavy atom. The van der Waals surface area contributed by atoms with Crippen molar-refractivity contribution in [3.63, 3.8) is 0 Å². The number of hydrogen-bond acceptors (Lipinski definition) is 4. The van der Waals surface area contributed by atoms with Crippen LogP contribution >= 0.6 is 24.0 Å². The lowest BCUT2D eigenvalue weighted by atomic mass is 9.99. The Bertz CT molecular complexity index is 833. The number of likely N-dealkylation sites (N-methyl/N-ethyl adjacent to an activating group) is 1. The molecule has 32 heavy (non-hydrogen) atoms. The summed E-state index contributed by atoms with van der Waals surface area (Å²) in [6.07, 6.45) is 4.36. The summed E-state index contributed by atoms with van der Waals surface area (Å²) in [4.78, 5) is 16.8. The van der Waals surface area contributed by atoms with Gasteiger partial charge in [0.2, 0.25) is 0 Å². The average molecular weight is 549 g/mol. The molecule has 0 spiro atoms. The Balaban J connectivity index is 0.00000289. The molecule has 0 amide bonds. The number of likely N-dealkylation sites (tertiary alicyclic amines) is 1. The lowest BCUT2D eigenvalue weighted by molar-refractivity contribution is 0.312. The highest BCUT2D eigenvalue weighted by Gasteiger charge is 2.25. The fraction of sp³-hybridized carbons (Fsp3) is 0.520. The van der Waals surface area contributed by atoms with Crippen molar-refractivity contribution in [1.82, 2.24) is 20.1 Å². The Morgan fingerprint density at radius 1 is 1.03 bits per heavy atom. The summed E-state index contributed by atoms with van der Waals surface area (Å²) in [5, 5.41) is 3.49. The smallest absolute Gasteiger partial charge is 0.194 e. The SMILES string of the molecule is CCNC(=NCc1ccc(N2CCN(C)CC2)nc1)N1CCC(Cc2ccccc2)C1.I. The van der Waals surface area contributed by atoms with Crippen molar-refractivity contribution in [2.45, 2.75) is 26.3 Å². The molecule has 174 valence electrons. The maximum Gasteiger partial charge on any atom is 0.194 e. The number of nitrogens with zero attached hydrogens (tertiary/aromatic N) is 5. The van der Waals surface area contributed by atoms with Gasteiger partial charge in [-0.3, -0.25) is 0 Å². The highest BCUT2D eigenvalue weighted by atomic mass is 127. The zero-order valence-corrected chi connectivity index (χ0v) is 21.7. The van der Waals surface area contributed by atoms with Gasteiger partial charge in [-0.25, -0.2) is 9.98 Å². The minimum Gasteiger partial charge on any atom is -0.357 e.